The molecule has 0 aromatic carbocycles. The van der Waals surface area contributed by atoms with Gasteiger partial charge in [0.1, 0.15) is 0 Å². The van der Waals surface area contributed by atoms with Crippen molar-refractivity contribution in [3.8, 4) is 0 Å². The summed E-state index contributed by atoms with van der Waals surface area (Å²) >= 11 is 0. The summed E-state index contributed by atoms with van der Waals surface area (Å²) in [5.74, 6) is 1.51. The fourth-order valence-corrected chi connectivity index (χ4v) is 8.63. The van der Waals surface area contributed by atoms with Crippen LogP contribution in [0.3, 0.4) is 0 Å². The molecule has 1 heterocycles. The van der Waals surface area contributed by atoms with Crippen molar-refractivity contribution in [2.45, 2.75) is 116 Å². The van der Waals surface area contributed by atoms with Gasteiger partial charge in [-0.15, -0.1) is 0 Å². The van der Waals surface area contributed by atoms with Crippen LogP contribution in [-0.4, -0.2) is 42.3 Å². The Morgan fingerprint density at radius 3 is 2.70 bits per heavy atom. The van der Waals surface area contributed by atoms with Gasteiger partial charge in [-0.05, 0) is 106 Å². The number of hydrogen-bond donors (Lipinski definition) is 1. The van der Waals surface area contributed by atoms with Crippen LogP contribution in [0.4, 0.5) is 0 Å². The second kappa shape index (κ2) is 8.95. The van der Waals surface area contributed by atoms with E-state index < -0.39 is 5.60 Å². The van der Waals surface area contributed by atoms with E-state index in [2.05, 4.69) is 19.9 Å². The summed E-state index contributed by atoms with van der Waals surface area (Å²) < 4.78 is 17.5. The molecule has 4 aliphatic carbocycles. The van der Waals surface area contributed by atoms with Crippen molar-refractivity contribution >= 4 is 5.97 Å². The molecule has 1 aliphatic heterocycles. The van der Waals surface area contributed by atoms with Gasteiger partial charge in [0.25, 0.3) is 0 Å². The number of carbonyl (C=O) groups is 1. The Hall–Kier alpha value is -0.910. The molecule has 5 heteroatoms. The first kappa shape index (κ1) is 23.8. The number of aliphatic hydroxyl groups is 1. The Morgan fingerprint density at radius 2 is 1.94 bits per heavy atom. The topological polar surface area (TPSA) is 65.0 Å². The summed E-state index contributed by atoms with van der Waals surface area (Å²) in [6.45, 7) is 7.82. The van der Waals surface area contributed by atoms with Gasteiger partial charge in [0.2, 0.25) is 0 Å². The second-order valence-corrected chi connectivity index (χ2v) is 12.1. The average molecular weight is 461 g/mol. The summed E-state index contributed by atoms with van der Waals surface area (Å²) in [4.78, 5) is 12.3. The molecule has 5 aliphatic rings. The Bertz CT molecular complexity index is 772. The molecular formula is C28H44O5. The molecule has 5 rings (SSSR count). The summed E-state index contributed by atoms with van der Waals surface area (Å²) in [5, 5.41) is 11.7. The van der Waals surface area contributed by atoms with Crippen LogP contribution in [0.25, 0.3) is 0 Å². The van der Waals surface area contributed by atoms with Gasteiger partial charge in [-0.25, -0.2) is 0 Å². The number of esters is 1. The molecule has 33 heavy (non-hydrogen) atoms. The fourth-order valence-electron chi connectivity index (χ4n) is 8.63. The highest BCUT2D eigenvalue weighted by molar-refractivity contribution is 5.71. The number of ether oxygens (including phenoxy) is 3. The lowest BCUT2D eigenvalue weighted by atomic mass is 9.47. The molecule has 0 bridgehead atoms. The monoisotopic (exact) mass is 460 g/mol. The average Bonchev–Trinajstić information content (AvgIpc) is 3.05. The lowest BCUT2D eigenvalue weighted by Gasteiger charge is -2.59. The van der Waals surface area contributed by atoms with E-state index in [4.69, 9.17) is 14.2 Å². The van der Waals surface area contributed by atoms with Crippen molar-refractivity contribution in [2.75, 3.05) is 13.2 Å². The molecule has 8 atom stereocenters. The zero-order valence-corrected chi connectivity index (χ0v) is 20.9. The van der Waals surface area contributed by atoms with Crippen molar-refractivity contribution in [3.63, 3.8) is 0 Å². The predicted octanol–water partition coefficient (Wildman–Crippen LogP) is 5.55. The molecule has 1 saturated heterocycles. The van der Waals surface area contributed by atoms with Gasteiger partial charge < -0.3 is 19.3 Å². The Balaban J connectivity index is 1.30. The third-order valence-corrected chi connectivity index (χ3v) is 10.6. The van der Waals surface area contributed by atoms with Gasteiger partial charge >= 0.3 is 5.97 Å². The minimum atomic E-state index is -0.925. The standard InChI is InChI=1S/C28H44O5/c1-4-31-24(29)18-28(30)15-12-23-21-9-8-19-17-20(33-25-7-5-6-16-32-25)10-13-26(19,2)22(21)11-14-27(23,28)3/h8,20-23,25,30H,4-7,9-18H2,1-3H3/t20-,21+,22-,23-,25+,26-,27-,28+/m0/s1. The van der Waals surface area contributed by atoms with E-state index in [0.29, 0.717) is 30.5 Å². The van der Waals surface area contributed by atoms with Crippen LogP contribution in [0, 0.1) is 28.6 Å². The molecule has 0 amide bonds. The molecule has 0 unspecified atom stereocenters. The first-order chi connectivity index (χ1) is 15.8. The van der Waals surface area contributed by atoms with Gasteiger partial charge in [0, 0.05) is 6.61 Å². The Labute approximate surface area is 199 Å². The van der Waals surface area contributed by atoms with Crippen LogP contribution in [0.5, 0.6) is 0 Å². The van der Waals surface area contributed by atoms with Crippen molar-refractivity contribution < 1.29 is 24.1 Å². The molecular weight excluding hydrogens is 416 g/mol. The highest BCUT2D eigenvalue weighted by Crippen LogP contribution is 2.67. The maximum absolute atomic E-state index is 12.3. The predicted molar refractivity (Wildman–Crippen MR) is 126 cm³/mol. The quantitative estimate of drug-likeness (QED) is 0.431. The molecule has 3 saturated carbocycles. The summed E-state index contributed by atoms with van der Waals surface area (Å²) in [5.41, 5.74) is 0.741. The minimum Gasteiger partial charge on any atom is -0.466 e. The van der Waals surface area contributed by atoms with E-state index in [1.807, 2.05) is 6.92 Å². The summed E-state index contributed by atoms with van der Waals surface area (Å²) in [7, 11) is 0. The molecule has 4 fully saturated rings. The van der Waals surface area contributed by atoms with Crippen LogP contribution in [-0.2, 0) is 19.0 Å². The van der Waals surface area contributed by atoms with Crippen LogP contribution in [0.1, 0.15) is 97.8 Å². The van der Waals surface area contributed by atoms with E-state index in [1.165, 1.54) is 12.8 Å². The maximum atomic E-state index is 12.3. The van der Waals surface area contributed by atoms with Gasteiger partial charge in [0.15, 0.2) is 6.29 Å². The first-order valence-corrected chi connectivity index (χ1v) is 13.6. The maximum Gasteiger partial charge on any atom is 0.308 e. The molecule has 0 spiro atoms. The van der Waals surface area contributed by atoms with Gasteiger partial charge in [-0.3, -0.25) is 4.79 Å². The third kappa shape index (κ3) is 4.00. The molecule has 0 aromatic heterocycles. The van der Waals surface area contributed by atoms with Gasteiger partial charge in [-0.1, -0.05) is 25.5 Å². The van der Waals surface area contributed by atoms with E-state index in [9.17, 15) is 9.90 Å². The largest absolute Gasteiger partial charge is 0.466 e. The van der Waals surface area contributed by atoms with Crippen molar-refractivity contribution in [1.82, 2.24) is 0 Å². The van der Waals surface area contributed by atoms with Crippen LogP contribution < -0.4 is 0 Å². The smallest absolute Gasteiger partial charge is 0.308 e. The SMILES string of the molecule is CCOC(=O)C[C@]1(O)CC[C@H]2[C@@H]3CC=C4C[C@@H](O[C@@H]5CCCCO5)CC[C@]4(C)[C@H]3CC[C@@]21C. The highest BCUT2D eigenvalue weighted by atomic mass is 16.7. The molecule has 1 N–H and O–H groups in total. The first-order valence-electron chi connectivity index (χ1n) is 13.6. The normalized spacial score (nSPS) is 47.2. The number of hydrogen-bond acceptors (Lipinski definition) is 5. The number of carbonyl (C=O) groups excluding carboxylic acids is 1. The zero-order valence-electron chi connectivity index (χ0n) is 20.9. The van der Waals surface area contributed by atoms with E-state index in [-0.39, 0.29) is 29.5 Å². The van der Waals surface area contributed by atoms with Crippen LogP contribution >= 0.6 is 0 Å². The van der Waals surface area contributed by atoms with Crippen molar-refractivity contribution in [1.29, 1.82) is 0 Å². The van der Waals surface area contributed by atoms with E-state index in [1.54, 1.807) is 5.57 Å². The number of rotatable bonds is 5. The molecule has 5 nitrogen and oxygen atoms in total. The number of fused-ring (bicyclic) bond motifs is 5. The van der Waals surface area contributed by atoms with Crippen molar-refractivity contribution in [2.24, 2.45) is 28.6 Å². The Morgan fingerprint density at radius 1 is 1.12 bits per heavy atom. The van der Waals surface area contributed by atoms with E-state index >= 15 is 0 Å². The second-order valence-electron chi connectivity index (χ2n) is 12.1. The van der Waals surface area contributed by atoms with Gasteiger partial charge in [-0.2, -0.15) is 0 Å². The Kier molecular flexibility index (Phi) is 6.46. The minimum absolute atomic E-state index is 0.00371. The zero-order chi connectivity index (χ0) is 23.3. The number of allylic oxidation sites excluding steroid dienone is 1. The van der Waals surface area contributed by atoms with Crippen LogP contribution in [0.15, 0.2) is 11.6 Å². The summed E-state index contributed by atoms with van der Waals surface area (Å²) in [6, 6.07) is 0. The lowest BCUT2D eigenvalue weighted by Crippen LogP contribution is -2.55. The lowest BCUT2D eigenvalue weighted by molar-refractivity contribution is -0.195. The summed E-state index contributed by atoms with van der Waals surface area (Å²) in [6.07, 6.45) is 14.7. The molecule has 186 valence electrons. The third-order valence-electron chi connectivity index (χ3n) is 10.6. The fraction of sp³-hybridized carbons (Fsp3) is 0.893. The highest BCUT2D eigenvalue weighted by Gasteiger charge is 2.64. The molecule has 0 aromatic rings. The molecule has 0 radical (unpaired) electrons. The van der Waals surface area contributed by atoms with Crippen molar-refractivity contribution in [3.05, 3.63) is 11.6 Å². The van der Waals surface area contributed by atoms with E-state index in [0.717, 1.165) is 64.4 Å². The van der Waals surface area contributed by atoms with Crippen LogP contribution in [0.2, 0.25) is 0 Å². The van der Waals surface area contributed by atoms with Gasteiger partial charge in [0.05, 0.1) is 24.7 Å².